The molecule has 0 bridgehead atoms. The van der Waals surface area contributed by atoms with Gasteiger partial charge in [-0.15, -0.1) is 0 Å². The Morgan fingerprint density at radius 1 is 1.22 bits per heavy atom. The molecule has 7 nitrogen and oxygen atoms in total. The monoisotopic (exact) mass is 500 g/mol. The van der Waals surface area contributed by atoms with Crippen LogP contribution in [0.4, 0.5) is 24.8 Å². The van der Waals surface area contributed by atoms with Gasteiger partial charge in [0.2, 0.25) is 5.95 Å². The van der Waals surface area contributed by atoms with E-state index in [0.29, 0.717) is 37.1 Å². The Labute approximate surface area is 206 Å². The molecule has 1 aromatic carbocycles. The zero-order valence-corrected chi connectivity index (χ0v) is 20.0. The van der Waals surface area contributed by atoms with Gasteiger partial charge < -0.3 is 15.2 Å². The van der Waals surface area contributed by atoms with Gasteiger partial charge in [-0.1, -0.05) is 6.07 Å². The summed E-state index contributed by atoms with van der Waals surface area (Å²) in [7, 11) is 0. The molecular formula is C26H27F3N4O3. The number of anilines is 2. The number of aryl methyl sites for hydroxylation is 1. The number of carbonyl (C=O) groups is 1. The van der Waals surface area contributed by atoms with Gasteiger partial charge in [0.05, 0.1) is 18.1 Å². The topological polar surface area (TPSA) is 97.2 Å². The average Bonchev–Trinajstić information content (AvgIpc) is 2.84. The van der Waals surface area contributed by atoms with E-state index in [0.717, 1.165) is 29.0 Å². The number of hydrogen-bond acceptors (Lipinski definition) is 7. The van der Waals surface area contributed by atoms with E-state index >= 15 is 0 Å². The molecule has 0 amide bonds. The smallest absolute Gasteiger partial charge is 0.433 e. The van der Waals surface area contributed by atoms with Gasteiger partial charge in [0.1, 0.15) is 5.69 Å². The Morgan fingerprint density at radius 2 is 2.03 bits per heavy atom. The van der Waals surface area contributed by atoms with Gasteiger partial charge in [0.15, 0.2) is 0 Å². The zero-order chi connectivity index (χ0) is 25.9. The molecule has 190 valence electrons. The molecular weight excluding hydrogens is 473 g/mol. The quantitative estimate of drug-likeness (QED) is 0.428. The fraction of sp³-hybridized carbons (Fsp3) is 0.385. The highest BCUT2D eigenvalue weighted by Gasteiger charge is 2.39. The third kappa shape index (κ3) is 5.81. The first-order valence-corrected chi connectivity index (χ1v) is 11.7. The second-order valence-electron chi connectivity index (χ2n) is 9.02. The predicted molar refractivity (Wildman–Crippen MR) is 127 cm³/mol. The highest BCUT2D eigenvalue weighted by molar-refractivity contribution is 5.73. The van der Waals surface area contributed by atoms with Crippen molar-refractivity contribution in [3.8, 4) is 11.1 Å². The number of hydrogen-bond donors (Lipinski definition) is 2. The van der Waals surface area contributed by atoms with E-state index in [1.165, 1.54) is 0 Å². The lowest BCUT2D eigenvalue weighted by Crippen LogP contribution is -2.36. The predicted octanol–water partition coefficient (Wildman–Crippen LogP) is 5.55. The number of benzene rings is 1. The number of nitrogens with one attached hydrogen (secondary N) is 1. The van der Waals surface area contributed by atoms with Crippen LogP contribution in [0.3, 0.4) is 0 Å². The molecule has 1 fully saturated rings. The summed E-state index contributed by atoms with van der Waals surface area (Å²) in [6.45, 7) is 3.90. The van der Waals surface area contributed by atoms with Crippen molar-refractivity contribution in [3.05, 3.63) is 65.7 Å². The zero-order valence-electron chi connectivity index (χ0n) is 20.0. The van der Waals surface area contributed by atoms with Crippen molar-refractivity contribution in [3.63, 3.8) is 0 Å². The van der Waals surface area contributed by atoms with Crippen molar-refractivity contribution < 1.29 is 27.8 Å². The molecule has 10 heteroatoms. The van der Waals surface area contributed by atoms with Crippen molar-refractivity contribution >= 4 is 17.6 Å². The molecule has 2 N–H and O–H groups in total. The summed E-state index contributed by atoms with van der Waals surface area (Å²) >= 11 is 0. The molecule has 2 atom stereocenters. The Bertz CT molecular complexity index is 1250. The number of aromatic nitrogens is 3. The lowest BCUT2D eigenvalue weighted by Gasteiger charge is -2.36. The number of carbonyl (C=O) groups excluding carboxylic acids is 1. The summed E-state index contributed by atoms with van der Waals surface area (Å²) in [5.41, 5.74) is 1.18. The Balaban J connectivity index is 1.60. The Hall–Kier alpha value is -3.53. The maximum atomic E-state index is 13.0. The van der Waals surface area contributed by atoms with Crippen molar-refractivity contribution in [2.45, 2.75) is 51.3 Å². The van der Waals surface area contributed by atoms with E-state index in [-0.39, 0.29) is 24.3 Å². The minimum atomic E-state index is -4.57. The first-order valence-electron chi connectivity index (χ1n) is 11.7. The van der Waals surface area contributed by atoms with Crippen LogP contribution in [0.5, 0.6) is 0 Å². The van der Waals surface area contributed by atoms with E-state index in [1.807, 2.05) is 19.1 Å². The number of esters is 1. The van der Waals surface area contributed by atoms with Gasteiger partial charge in [0, 0.05) is 35.4 Å². The SMILES string of the molecule is CCOC(=O)C1CCCC(O)(c2cncc(-c3cc(C)cc(Nc4nccc(C(F)(F)F)n4)c3)c2)C1. The lowest BCUT2D eigenvalue weighted by atomic mass is 9.74. The first kappa shape index (κ1) is 25.6. The van der Waals surface area contributed by atoms with Crippen molar-refractivity contribution in [1.29, 1.82) is 0 Å². The fourth-order valence-corrected chi connectivity index (χ4v) is 4.56. The van der Waals surface area contributed by atoms with Crippen molar-refractivity contribution in [1.82, 2.24) is 15.0 Å². The van der Waals surface area contributed by atoms with Crippen LogP contribution in [-0.4, -0.2) is 32.6 Å². The van der Waals surface area contributed by atoms with Crippen LogP contribution in [-0.2, 0) is 21.3 Å². The Morgan fingerprint density at radius 3 is 2.78 bits per heavy atom. The summed E-state index contributed by atoms with van der Waals surface area (Å²) in [6.07, 6.45) is 1.83. The summed E-state index contributed by atoms with van der Waals surface area (Å²) in [6, 6.07) is 8.07. The number of aliphatic hydroxyl groups is 1. The maximum Gasteiger partial charge on any atom is 0.433 e. The molecule has 2 aromatic heterocycles. The summed E-state index contributed by atoms with van der Waals surface area (Å²) in [5.74, 6) is -0.852. The molecule has 2 unspecified atom stereocenters. The molecule has 0 aliphatic heterocycles. The third-order valence-corrected chi connectivity index (χ3v) is 6.24. The van der Waals surface area contributed by atoms with E-state index in [2.05, 4.69) is 20.3 Å². The highest BCUT2D eigenvalue weighted by Crippen LogP contribution is 2.41. The number of ether oxygens (including phenoxy) is 1. The third-order valence-electron chi connectivity index (χ3n) is 6.24. The van der Waals surface area contributed by atoms with E-state index in [4.69, 9.17) is 4.74 Å². The second kappa shape index (κ2) is 10.2. The molecule has 1 aliphatic carbocycles. The summed E-state index contributed by atoms with van der Waals surface area (Å²) in [4.78, 5) is 24.1. The first-order chi connectivity index (χ1) is 17.1. The molecule has 1 saturated carbocycles. The van der Waals surface area contributed by atoms with Crippen molar-refractivity contribution in [2.24, 2.45) is 5.92 Å². The van der Waals surface area contributed by atoms with Crippen LogP contribution in [0.2, 0.25) is 0 Å². The molecule has 36 heavy (non-hydrogen) atoms. The molecule has 3 aromatic rings. The van der Waals surface area contributed by atoms with Gasteiger partial charge in [-0.3, -0.25) is 9.78 Å². The standard InChI is InChI=1S/C26H27F3N4O3/c1-3-36-23(34)17-5-4-7-25(35,13-17)20-11-19(14-30-15-20)18-9-16(2)10-21(12-18)32-24-31-8-6-22(33-24)26(27,28)29/h6,8-12,14-15,17,35H,3-5,7,13H2,1-2H3,(H,31,32,33). The average molecular weight is 501 g/mol. The molecule has 4 rings (SSSR count). The fourth-order valence-electron chi connectivity index (χ4n) is 4.56. The lowest BCUT2D eigenvalue weighted by molar-refractivity contribution is -0.153. The van der Waals surface area contributed by atoms with Crippen molar-refractivity contribution in [2.75, 3.05) is 11.9 Å². The minimum absolute atomic E-state index is 0.172. The van der Waals surface area contributed by atoms with E-state index in [1.54, 1.807) is 31.5 Å². The molecule has 0 radical (unpaired) electrons. The van der Waals surface area contributed by atoms with Gasteiger partial charge in [-0.2, -0.15) is 13.2 Å². The molecule has 1 aliphatic rings. The normalized spacial score (nSPS) is 20.1. The van der Waals surface area contributed by atoms with Gasteiger partial charge in [-0.05, 0) is 74.9 Å². The Kier molecular flexibility index (Phi) is 7.26. The summed E-state index contributed by atoms with van der Waals surface area (Å²) < 4.78 is 44.2. The minimum Gasteiger partial charge on any atom is -0.466 e. The van der Waals surface area contributed by atoms with Crippen LogP contribution in [0.25, 0.3) is 11.1 Å². The van der Waals surface area contributed by atoms with Crippen LogP contribution >= 0.6 is 0 Å². The van der Waals surface area contributed by atoms with E-state index < -0.39 is 17.5 Å². The van der Waals surface area contributed by atoms with Gasteiger partial charge in [-0.25, -0.2) is 9.97 Å². The number of halogens is 3. The van der Waals surface area contributed by atoms with Gasteiger partial charge in [0.25, 0.3) is 0 Å². The highest BCUT2D eigenvalue weighted by atomic mass is 19.4. The summed E-state index contributed by atoms with van der Waals surface area (Å²) in [5, 5.41) is 14.3. The van der Waals surface area contributed by atoms with Crippen LogP contribution < -0.4 is 5.32 Å². The van der Waals surface area contributed by atoms with E-state index in [9.17, 15) is 23.1 Å². The van der Waals surface area contributed by atoms with Crippen LogP contribution in [0, 0.1) is 12.8 Å². The molecule has 0 saturated heterocycles. The number of pyridine rings is 1. The van der Waals surface area contributed by atoms with Gasteiger partial charge >= 0.3 is 12.1 Å². The largest absolute Gasteiger partial charge is 0.466 e. The molecule has 0 spiro atoms. The maximum absolute atomic E-state index is 13.0. The number of rotatable bonds is 6. The molecule has 2 heterocycles. The van der Waals surface area contributed by atoms with Crippen LogP contribution in [0.15, 0.2) is 48.9 Å². The number of alkyl halides is 3. The number of nitrogens with zero attached hydrogens (tertiary/aromatic N) is 3. The van der Waals surface area contributed by atoms with Crippen LogP contribution in [0.1, 0.15) is 49.4 Å². The second-order valence-corrected chi connectivity index (χ2v) is 9.02.